The predicted octanol–water partition coefficient (Wildman–Crippen LogP) is 0.0290. The average Bonchev–Trinajstić information content (AvgIpc) is 2.17. The fraction of sp³-hybridized carbons (Fsp3) is 0.333. The fourth-order valence-electron chi connectivity index (χ4n) is 1.05. The highest BCUT2D eigenvalue weighted by Gasteiger charge is 2.07. The standard InChI is InChI=1S/C9H11N3O/c1-11-8(6-10)5-7-3-2-4-12-9(7)13/h2-4,8,11H,5H2,1H3,(H,12,13). The SMILES string of the molecule is CNC(C#N)Cc1ccc[nH]c1=O. The molecule has 2 N–H and O–H groups in total. The second-order valence-corrected chi connectivity index (χ2v) is 2.70. The summed E-state index contributed by atoms with van der Waals surface area (Å²) in [7, 11) is 1.70. The third-order valence-corrected chi connectivity index (χ3v) is 1.83. The normalized spacial score (nSPS) is 12.0. The fourth-order valence-corrected chi connectivity index (χ4v) is 1.05. The van der Waals surface area contributed by atoms with Crippen LogP contribution in [-0.4, -0.2) is 18.1 Å². The van der Waals surface area contributed by atoms with Crippen LogP contribution in [0.5, 0.6) is 0 Å². The highest BCUT2D eigenvalue weighted by atomic mass is 16.1. The van der Waals surface area contributed by atoms with Crippen molar-refractivity contribution in [3.63, 3.8) is 0 Å². The van der Waals surface area contributed by atoms with Crippen molar-refractivity contribution in [1.82, 2.24) is 10.3 Å². The predicted molar refractivity (Wildman–Crippen MR) is 49.2 cm³/mol. The van der Waals surface area contributed by atoms with Crippen molar-refractivity contribution in [2.24, 2.45) is 0 Å². The minimum atomic E-state index is -0.302. The Labute approximate surface area is 76.2 Å². The Morgan fingerprint density at radius 3 is 3.08 bits per heavy atom. The van der Waals surface area contributed by atoms with Gasteiger partial charge in [-0.25, -0.2) is 0 Å². The van der Waals surface area contributed by atoms with Gasteiger partial charge < -0.3 is 10.3 Å². The molecule has 0 bridgehead atoms. The number of rotatable bonds is 3. The van der Waals surface area contributed by atoms with Gasteiger partial charge in [0.1, 0.15) is 0 Å². The zero-order valence-electron chi connectivity index (χ0n) is 7.37. The van der Waals surface area contributed by atoms with Gasteiger partial charge in [-0.15, -0.1) is 0 Å². The van der Waals surface area contributed by atoms with Crippen LogP contribution < -0.4 is 10.9 Å². The smallest absolute Gasteiger partial charge is 0.251 e. The topological polar surface area (TPSA) is 68.7 Å². The maximum absolute atomic E-state index is 11.2. The van der Waals surface area contributed by atoms with Gasteiger partial charge in [0.25, 0.3) is 5.56 Å². The average molecular weight is 177 g/mol. The quantitative estimate of drug-likeness (QED) is 0.684. The second-order valence-electron chi connectivity index (χ2n) is 2.70. The molecule has 0 aliphatic heterocycles. The summed E-state index contributed by atoms with van der Waals surface area (Å²) in [6.45, 7) is 0. The largest absolute Gasteiger partial charge is 0.329 e. The number of aromatic nitrogens is 1. The highest BCUT2D eigenvalue weighted by Crippen LogP contribution is 1.95. The molecule has 0 saturated heterocycles. The number of nitriles is 1. The van der Waals surface area contributed by atoms with Crippen LogP contribution in [0.1, 0.15) is 5.56 Å². The number of likely N-dealkylation sites (N-methyl/N-ethyl adjacent to an activating group) is 1. The summed E-state index contributed by atoms with van der Waals surface area (Å²) in [5, 5.41) is 11.5. The monoisotopic (exact) mass is 177 g/mol. The molecule has 1 atom stereocenters. The molecule has 0 spiro atoms. The van der Waals surface area contributed by atoms with Gasteiger partial charge in [0.2, 0.25) is 0 Å². The van der Waals surface area contributed by atoms with Gasteiger partial charge in [0.05, 0.1) is 12.1 Å². The summed E-state index contributed by atoms with van der Waals surface area (Å²) in [6, 6.07) is 5.23. The molecule has 1 unspecified atom stereocenters. The molecule has 13 heavy (non-hydrogen) atoms. The number of aromatic amines is 1. The number of pyridine rings is 1. The van der Waals surface area contributed by atoms with Crippen LogP contribution in [0, 0.1) is 11.3 Å². The van der Waals surface area contributed by atoms with Crippen LogP contribution in [-0.2, 0) is 6.42 Å². The van der Waals surface area contributed by atoms with Crippen molar-refractivity contribution in [3.8, 4) is 6.07 Å². The number of nitrogens with one attached hydrogen (secondary N) is 2. The minimum absolute atomic E-state index is 0.127. The Balaban J connectivity index is 2.81. The zero-order valence-corrected chi connectivity index (χ0v) is 7.37. The summed E-state index contributed by atoms with van der Waals surface area (Å²) >= 11 is 0. The Kier molecular flexibility index (Phi) is 3.23. The van der Waals surface area contributed by atoms with Crippen molar-refractivity contribution in [1.29, 1.82) is 5.26 Å². The molecule has 0 radical (unpaired) electrons. The Morgan fingerprint density at radius 2 is 2.54 bits per heavy atom. The molecule has 0 amide bonds. The second kappa shape index (κ2) is 4.43. The molecule has 1 aromatic rings. The first-order valence-electron chi connectivity index (χ1n) is 4.01. The van der Waals surface area contributed by atoms with Crippen LogP contribution in [0.2, 0.25) is 0 Å². The molecule has 0 aromatic carbocycles. The number of nitrogens with zero attached hydrogens (tertiary/aromatic N) is 1. The molecule has 0 fully saturated rings. The van der Waals surface area contributed by atoms with Crippen molar-refractivity contribution >= 4 is 0 Å². The van der Waals surface area contributed by atoms with Gasteiger partial charge >= 0.3 is 0 Å². The lowest BCUT2D eigenvalue weighted by molar-refractivity contribution is 0.671. The van der Waals surface area contributed by atoms with Gasteiger partial charge in [-0.2, -0.15) is 5.26 Å². The lowest BCUT2D eigenvalue weighted by Crippen LogP contribution is -2.28. The molecule has 4 heteroatoms. The zero-order chi connectivity index (χ0) is 9.68. The minimum Gasteiger partial charge on any atom is -0.329 e. The van der Waals surface area contributed by atoms with Crippen molar-refractivity contribution in [2.45, 2.75) is 12.5 Å². The summed E-state index contributed by atoms with van der Waals surface area (Å²) in [4.78, 5) is 13.8. The van der Waals surface area contributed by atoms with Gasteiger partial charge in [-0.05, 0) is 13.1 Å². The van der Waals surface area contributed by atoms with E-state index in [0.717, 1.165) is 0 Å². The van der Waals surface area contributed by atoms with E-state index in [1.54, 1.807) is 25.4 Å². The maximum atomic E-state index is 11.2. The van der Waals surface area contributed by atoms with E-state index in [9.17, 15) is 4.79 Å². The van der Waals surface area contributed by atoms with Crippen LogP contribution >= 0.6 is 0 Å². The molecular weight excluding hydrogens is 166 g/mol. The van der Waals surface area contributed by atoms with Crippen molar-refractivity contribution in [3.05, 3.63) is 34.2 Å². The molecule has 68 valence electrons. The van der Waals surface area contributed by atoms with Gasteiger partial charge in [0, 0.05) is 18.2 Å². The van der Waals surface area contributed by atoms with Crippen LogP contribution in [0.4, 0.5) is 0 Å². The van der Waals surface area contributed by atoms with E-state index in [4.69, 9.17) is 5.26 Å². The Morgan fingerprint density at radius 1 is 1.77 bits per heavy atom. The lowest BCUT2D eigenvalue weighted by Gasteiger charge is -2.05. The summed E-state index contributed by atoms with van der Waals surface area (Å²) in [6.07, 6.45) is 2.01. The van der Waals surface area contributed by atoms with Crippen LogP contribution in [0.15, 0.2) is 23.1 Å². The first-order chi connectivity index (χ1) is 6.27. The van der Waals surface area contributed by atoms with E-state index in [-0.39, 0.29) is 11.6 Å². The molecule has 0 aliphatic rings. The molecule has 1 aromatic heterocycles. The summed E-state index contributed by atoms with van der Waals surface area (Å²) in [5.41, 5.74) is 0.501. The highest BCUT2D eigenvalue weighted by molar-refractivity contribution is 5.13. The molecule has 1 heterocycles. The molecule has 4 nitrogen and oxygen atoms in total. The van der Waals surface area contributed by atoms with Gasteiger partial charge in [0.15, 0.2) is 0 Å². The van der Waals surface area contributed by atoms with Crippen molar-refractivity contribution < 1.29 is 0 Å². The number of H-pyrrole nitrogens is 1. The molecule has 0 aliphatic carbocycles. The van der Waals surface area contributed by atoms with E-state index >= 15 is 0 Å². The number of hydrogen-bond acceptors (Lipinski definition) is 3. The Hall–Kier alpha value is -1.60. The maximum Gasteiger partial charge on any atom is 0.251 e. The van der Waals surface area contributed by atoms with E-state index in [1.165, 1.54) is 0 Å². The van der Waals surface area contributed by atoms with E-state index < -0.39 is 0 Å². The summed E-state index contributed by atoms with van der Waals surface area (Å²) in [5.74, 6) is 0. The number of hydrogen-bond donors (Lipinski definition) is 2. The first-order valence-corrected chi connectivity index (χ1v) is 4.01. The third kappa shape index (κ3) is 2.42. The van der Waals surface area contributed by atoms with Crippen molar-refractivity contribution in [2.75, 3.05) is 7.05 Å². The van der Waals surface area contributed by atoms with Crippen LogP contribution in [0.25, 0.3) is 0 Å². The van der Waals surface area contributed by atoms with E-state index in [2.05, 4.69) is 16.4 Å². The molecule has 0 saturated carbocycles. The third-order valence-electron chi connectivity index (χ3n) is 1.83. The van der Waals surface area contributed by atoms with E-state index in [1.807, 2.05) is 0 Å². The molecule has 1 rings (SSSR count). The van der Waals surface area contributed by atoms with E-state index in [0.29, 0.717) is 12.0 Å². The Bertz CT molecular complexity index is 364. The van der Waals surface area contributed by atoms with Gasteiger partial charge in [-0.3, -0.25) is 4.79 Å². The summed E-state index contributed by atoms with van der Waals surface area (Å²) < 4.78 is 0. The van der Waals surface area contributed by atoms with Crippen LogP contribution in [0.3, 0.4) is 0 Å². The van der Waals surface area contributed by atoms with Gasteiger partial charge in [-0.1, -0.05) is 6.07 Å². The molecular formula is C9H11N3O. The lowest BCUT2D eigenvalue weighted by atomic mass is 10.1. The first kappa shape index (κ1) is 9.49.